The van der Waals surface area contributed by atoms with Gasteiger partial charge in [-0.15, -0.1) is 0 Å². The molecule has 136 valence electrons. The number of nitrogens with one attached hydrogen (secondary N) is 1. The van der Waals surface area contributed by atoms with E-state index in [1.807, 2.05) is 16.7 Å². The summed E-state index contributed by atoms with van der Waals surface area (Å²) in [5.41, 5.74) is 0.411. The number of amides is 2. The van der Waals surface area contributed by atoms with Gasteiger partial charge in [0.05, 0.1) is 6.54 Å². The fourth-order valence-corrected chi connectivity index (χ4v) is 5.03. The summed E-state index contributed by atoms with van der Waals surface area (Å²) in [6.45, 7) is 8.16. The fraction of sp³-hybridized carbons (Fsp3) is 0.889. The van der Waals surface area contributed by atoms with Crippen LogP contribution in [-0.2, 0) is 4.79 Å². The normalized spacial score (nSPS) is 30.7. The van der Waals surface area contributed by atoms with Gasteiger partial charge in [-0.1, -0.05) is 27.2 Å². The molecule has 1 unspecified atom stereocenters. The van der Waals surface area contributed by atoms with Gasteiger partial charge < -0.3 is 15.3 Å². The van der Waals surface area contributed by atoms with Gasteiger partial charge >= 0.3 is 12.0 Å². The highest BCUT2D eigenvalue weighted by atomic mass is 16.4. The lowest BCUT2D eigenvalue weighted by molar-refractivity contribution is -0.139. The highest BCUT2D eigenvalue weighted by molar-refractivity contribution is 5.76. The molecule has 1 aliphatic heterocycles. The van der Waals surface area contributed by atoms with E-state index in [1.165, 1.54) is 19.3 Å². The van der Waals surface area contributed by atoms with E-state index in [1.54, 1.807) is 0 Å². The van der Waals surface area contributed by atoms with Gasteiger partial charge in [-0.2, -0.15) is 0 Å². The monoisotopic (exact) mass is 337 g/mol. The molecule has 3 rings (SSSR count). The van der Waals surface area contributed by atoms with Crippen molar-refractivity contribution in [3.63, 3.8) is 0 Å². The Balaban J connectivity index is 1.46. The molecular formula is C18H31N3O3. The Morgan fingerprint density at radius 2 is 2.00 bits per heavy atom. The van der Waals surface area contributed by atoms with Crippen molar-refractivity contribution in [2.24, 2.45) is 11.3 Å². The van der Waals surface area contributed by atoms with Crippen molar-refractivity contribution in [1.29, 1.82) is 0 Å². The van der Waals surface area contributed by atoms with Gasteiger partial charge in [0.25, 0.3) is 0 Å². The Bertz CT molecular complexity index is 498. The fourth-order valence-electron chi connectivity index (χ4n) is 5.03. The minimum atomic E-state index is -0.782. The second-order valence-corrected chi connectivity index (χ2v) is 8.26. The number of nitrogens with zero attached hydrogens (tertiary/aromatic N) is 2. The topological polar surface area (TPSA) is 72.9 Å². The van der Waals surface area contributed by atoms with Crippen LogP contribution in [0.1, 0.15) is 52.9 Å². The van der Waals surface area contributed by atoms with Crippen LogP contribution < -0.4 is 5.32 Å². The lowest BCUT2D eigenvalue weighted by Gasteiger charge is -2.64. The van der Waals surface area contributed by atoms with Crippen LogP contribution in [-0.4, -0.2) is 64.7 Å². The lowest BCUT2D eigenvalue weighted by Crippen LogP contribution is -2.72. The molecule has 1 heterocycles. The standard InChI is InChI=1S/C18H31N3O3/c1-4-20(10-15(22)23)14-8-13(9-14)19-17(24)21-11-18(6-5-7-18)16(21)12(2)3/h12-14,16H,4-11H2,1-3H3,(H,19,24)(H,22,23). The van der Waals surface area contributed by atoms with E-state index in [9.17, 15) is 9.59 Å². The molecule has 1 atom stereocenters. The van der Waals surface area contributed by atoms with E-state index in [2.05, 4.69) is 19.2 Å². The van der Waals surface area contributed by atoms with Crippen LogP contribution in [0.25, 0.3) is 0 Å². The molecule has 2 saturated carbocycles. The predicted molar refractivity (Wildman–Crippen MR) is 91.8 cm³/mol. The van der Waals surface area contributed by atoms with Gasteiger partial charge in [0, 0.05) is 30.1 Å². The van der Waals surface area contributed by atoms with Gasteiger partial charge in [0.1, 0.15) is 0 Å². The van der Waals surface area contributed by atoms with Crippen LogP contribution in [0.3, 0.4) is 0 Å². The van der Waals surface area contributed by atoms with Crippen LogP contribution in [0.2, 0.25) is 0 Å². The summed E-state index contributed by atoms with van der Waals surface area (Å²) in [5, 5.41) is 12.1. The summed E-state index contributed by atoms with van der Waals surface area (Å²) in [4.78, 5) is 27.5. The van der Waals surface area contributed by atoms with Crippen LogP contribution in [0.15, 0.2) is 0 Å². The average molecular weight is 337 g/mol. The Labute approximate surface area is 144 Å². The molecule has 2 aliphatic carbocycles. The van der Waals surface area contributed by atoms with E-state index in [0.717, 1.165) is 25.9 Å². The van der Waals surface area contributed by atoms with Crippen molar-refractivity contribution in [3.05, 3.63) is 0 Å². The minimum absolute atomic E-state index is 0.0796. The molecule has 0 bridgehead atoms. The van der Waals surface area contributed by atoms with Gasteiger partial charge in [-0.3, -0.25) is 9.69 Å². The maximum Gasteiger partial charge on any atom is 0.317 e. The maximum atomic E-state index is 12.6. The highest BCUT2D eigenvalue weighted by Gasteiger charge is 2.58. The number of aliphatic carboxylic acids is 1. The van der Waals surface area contributed by atoms with Crippen LogP contribution in [0.5, 0.6) is 0 Å². The zero-order chi connectivity index (χ0) is 17.5. The van der Waals surface area contributed by atoms with Crippen molar-refractivity contribution in [3.8, 4) is 0 Å². The summed E-state index contributed by atoms with van der Waals surface area (Å²) in [7, 11) is 0. The van der Waals surface area contributed by atoms with Crippen molar-refractivity contribution < 1.29 is 14.7 Å². The molecule has 0 aromatic heterocycles. The molecule has 6 nitrogen and oxygen atoms in total. The third-order valence-electron chi connectivity index (χ3n) is 6.39. The first-order chi connectivity index (χ1) is 11.4. The van der Waals surface area contributed by atoms with E-state index >= 15 is 0 Å². The third-order valence-corrected chi connectivity index (χ3v) is 6.39. The first-order valence-corrected chi connectivity index (χ1v) is 9.39. The molecule has 0 aromatic rings. The number of carbonyl (C=O) groups is 2. The number of carboxylic acids is 1. The number of likely N-dealkylation sites (N-methyl/N-ethyl adjacent to an activating group) is 1. The van der Waals surface area contributed by atoms with Crippen molar-refractivity contribution in [2.45, 2.75) is 71.0 Å². The predicted octanol–water partition coefficient (Wildman–Crippen LogP) is 2.14. The molecule has 1 spiro atoms. The number of likely N-dealkylation sites (tertiary alicyclic amines) is 1. The van der Waals surface area contributed by atoms with Gasteiger partial charge in [0.15, 0.2) is 0 Å². The molecule has 2 amide bonds. The van der Waals surface area contributed by atoms with E-state index < -0.39 is 5.97 Å². The zero-order valence-corrected chi connectivity index (χ0v) is 15.1. The molecule has 0 radical (unpaired) electrons. The van der Waals surface area contributed by atoms with Crippen LogP contribution in [0, 0.1) is 11.3 Å². The van der Waals surface area contributed by atoms with E-state index in [-0.39, 0.29) is 24.7 Å². The molecule has 3 fully saturated rings. The Hall–Kier alpha value is -1.30. The number of hydrogen-bond donors (Lipinski definition) is 2. The maximum absolute atomic E-state index is 12.6. The SMILES string of the molecule is CCN(CC(=O)O)C1CC(NC(=O)N2CC3(CCC3)C2C(C)C)C1. The zero-order valence-electron chi connectivity index (χ0n) is 15.1. The number of hydrogen-bond acceptors (Lipinski definition) is 3. The summed E-state index contributed by atoms with van der Waals surface area (Å²) in [5.74, 6) is -0.277. The summed E-state index contributed by atoms with van der Waals surface area (Å²) in [6.07, 6.45) is 5.56. The molecule has 2 N–H and O–H groups in total. The average Bonchev–Trinajstić information content (AvgIpc) is 2.36. The first kappa shape index (κ1) is 17.5. The van der Waals surface area contributed by atoms with Gasteiger partial charge in [-0.05, 0) is 38.1 Å². The summed E-state index contributed by atoms with van der Waals surface area (Å²) >= 11 is 0. The number of carbonyl (C=O) groups excluding carboxylic acids is 1. The quantitative estimate of drug-likeness (QED) is 0.779. The third kappa shape index (κ3) is 3.01. The van der Waals surface area contributed by atoms with E-state index in [4.69, 9.17) is 5.11 Å². The largest absolute Gasteiger partial charge is 0.480 e. The van der Waals surface area contributed by atoms with E-state index in [0.29, 0.717) is 17.4 Å². The molecule has 24 heavy (non-hydrogen) atoms. The summed E-state index contributed by atoms with van der Waals surface area (Å²) in [6, 6.07) is 0.944. The molecular weight excluding hydrogens is 306 g/mol. The number of rotatable bonds is 6. The second kappa shape index (κ2) is 6.54. The molecule has 6 heteroatoms. The summed E-state index contributed by atoms with van der Waals surface area (Å²) < 4.78 is 0. The Kier molecular flexibility index (Phi) is 4.78. The number of carboxylic acid groups (broad SMARTS) is 1. The second-order valence-electron chi connectivity index (χ2n) is 8.26. The molecule has 3 aliphatic rings. The van der Waals surface area contributed by atoms with Crippen molar-refractivity contribution in [2.75, 3.05) is 19.6 Å². The van der Waals surface area contributed by atoms with Crippen LogP contribution >= 0.6 is 0 Å². The number of urea groups is 1. The Morgan fingerprint density at radius 3 is 2.46 bits per heavy atom. The Morgan fingerprint density at radius 1 is 1.33 bits per heavy atom. The van der Waals surface area contributed by atoms with Gasteiger partial charge in [-0.25, -0.2) is 4.79 Å². The smallest absolute Gasteiger partial charge is 0.317 e. The van der Waals surface area contributed by atoms with Crippen molar-refractivity contribution in [1.82, 2.24) is 15.1 Å². The van der Waals surface area contributed by atoms with Crippen LogP contribution in [0.4, 0.5) is 4.79 Å². The van der Waals surface area contributed by atoms with Gasteiger partial charge in [0.2, 0.25) is 0 Å². The molecule has 1 saturated heterocycles. The lowest BCUT2D eigenvalue weighted by atomic mass is 9.55. The van der Waals surface area contributed by atoms with Crippen molar-refractivity contribution >= 4 is 12.0 Å². The minimum Gasteiger partial charge on any atom is -0.480 e. The first-order valence-electron chi connectivity index (χ1n) is 9.39. The highest BCUT2D eigenvalue weighted by Crippen LogP contribution is 2.55. The molecule has 0 aromatic carbocycles.